The molecule has 180 valence electrons. The van der Waals surface area contributed by atoms with Gasteiger partial charge in [0.1, 0.15) is 0 Å². The summed E-state index contributed by atoms with van der Waals surface area (Å²) in [5.74, 6) is -0.120. The van der Waals surface area contributed by atoms with Gasteiger partial charge in [0.15, 0.2) is 11.9 Å². The highest BCUT2D eigenvalue weighted by Crippen LogP contribution is 2.47. The van der Waals surface area contributed by atoms with Gasteiger partial charge in [-0.25, -0.2) is 0 Å². The smallest absolute Gasteiger partial charge is 0.195 e. The van der Waals surface area contributed by atoms with Gasteiger partial charge in [-0.3, -0.25) is 16.1 Å². The molecule has 0 radical (unpaired) electrons. The number of nitrogens with one attached hydrogen (secondary N) is 4. The van der Waals surface area contributed by atoms with Crippen LogP contribution in [-0.4, -0.2) is 18.5 Å². The van der Waals surface area contributed by atoms with Gasteiger partial charge >= 0.3 is 0 Å². The Kier molecular flexibility index (Phi) is 6.02. The van der Waals surface area contributed by atoms with Crippen LogP contribution in [0, 0.1) is 10.8 Å². The maximum Gasteiger partial charge on any atom is 0.195 e. The predicted molar refractivity (Wildman–Crippen MR) is 158 cm³/mol. The van der Waals surface area contributed by atoms with Crippen LogP contribution in [0.1, 0.15) is 19.8 Å². The Morgan fingerprint density at radius 2 is 0.889 bits per heavy atom. The zero-order chi connectivity index (χ0) is 24.1. The molecule has 0 spiro atoms. The zero-order valence-electron chi connectivity index (χ0n) is 20.0. The quantitative estimate of drug-likeness (QED) is 0.0594. The predicted octanol–water partition coefficient (Wildman–Crippen LogP) is 7.13. The van der Waals surface area contributed by atoms with Crippen LogP contribution in [0.3, 0.4) is 0 Å². The van der Waals surface area contributed by atoms with E-state index >= 15 is 0 Å². The van der Waals surface area contributed by atoms with Crippen LogP contribution < -0.4 is 16.4 Å². The lowest BCUT2D eigenvalue weighted by Crippen LogP contribution is -2.43. The Hall–Kier alpha value is -4.09. The number of benzene rings is 7. The minimum atomic E-state index is -0.209. The monoisotopic (exact) mass is 493 g/mol. The van der Waals surface area contributed by atoms with E-state index in [0.29, 0.717) is 0 Å². The number of rotatable bonds is 3. The molecule has 0 saturated carbocycles. The van der Waals surface area contributed by atoms with Crippen molar-refractivity contribution in [3.05, 3.63) is 72.8 Å². The van der Waals surface area contributed by atoms with Crippen molar-refractivity contribution in [1.82, 2.24) is 10.6 Å². The summed E-state index contributed by atoms with van der Waals surface area (Å²) >= 11 is 0. The van der Waals surface area contributed by atoms with Gasteiger partial charge in [-0.05, 0) is 71.1 Å². The Bertz CT molecular complexity index is 1450. The molecule has 0 atom stereocenters. The number of guanidine groups is 2. The van der Waals surface area contributed by atoms with Crippen LogP contribution in [0.25, 0.3) is 64.6 Å². The van der Waals surface area contributed by atoms with Crippen LogP contribution in [0.2, 0.25) is 0 Å². The summed E-state index contributed by atoms with van der Waals surface area (Å²) < 4.78 is 0. The standard InChI is InChI=1S/C24H12.C6H15N5.ClH/c1-2-14-5-6-16-9-11-18-12-10-17-8-7-15-4-3-13(1)19-20(14)22(16)24(18)23(17)21(15)19;1-2-3-4-10-6(9)11-5(7)8;/h1-12H;2-4H2,1H3,(H6,7,8,9,10,11);1H. The first-order valence-corrected chi connectivity index (χ1v) is 12.1. The molecule has 5 nitrogen and oxygen atoms in total. The Morgan fingerprint density at radius 1 is 0.611 bits per heavy atom. The fraction of sp³-hybridized carbons (Fsp3) is 0.133. The molecule has 0 heterocycles. The molecule has 0 bridgehead atoms. The molecule has 7 aromatic rings. The number of unbranched alkanes of at least 4 members (excludes halogenated alkanes) is 1. The molecule has 0 unspecified atom stereocenters. The largest absolute Gasteiger partial charge is 0.370 e. The van der Waals surface area contributed by atoms with E-state index in [-0.39, 0.29) is 24.3 Å². The second-order valence-electron chi connectivity index (χ2n) is 9.18. The third-order valence-corrected chi connectivity index (χ3v) is 6.98. The molecule has 6 heteroatoms. The summed E-state index contributed by atoms with van der Waals surface area (Å²) in [5, 5.41) is 35.8. The lowest BCUT2D eigenvalue weighted by molar-refractivity contribution is 0.744. The topological polar surface area (TPSA) is 97.8 Å². The maximum atomic E-state index is 7.15. The van der Waals surface area contributed by atoms with Gasteiger partial charge in [0, 0.05) is 6.54 Å². The first-order valence-electron chi connectivity index (χ1n) is 12.1. The molecule has 0 aromatic heterocycles. The van der Waals surface area contributed by atoms with E-state index in [1.54, 1.807) is 0 Å². The fourth-order valence-electron chi connectivity index (χ4n) is 5.46. The van der Waals surface area contributed by atoms with Crippen LogP contribution >= 0.6 is 12.4 Å². The molecule has 36 heavy (non-hydrogen) atoms. The van der Waals surface area contributed by atoms with E-state index in [1.165, 1.54) is 64.6 Å². The van der Waals surface area contributed by atoms with E-state index in [2.05, 4.69) is 90.4 Å². The Balaban J connectivity index is 0.000000193. The average molecular weight is 494 g/mol. The summed E-state index contributed by atoms with van der Waals surface area (Å²) in [4.78, 5) is 0. The van der Waals surface area contributed by atoms with Gasteiger partial charge < -0.3 is 11.1 Å². The second-order valence-corrected chi connectivity index (χ2v) is 9.18. The highest BCUT2D eigenvalue weighted by Gasteiger charge is 2.19. The van der Waals surface area contributed by atoms with Crippen molar-refractivity contribution in [2.75, 3.05) is 6.54 Å². The molecule has 7 rings (SSSR count). The van der Waals surface area contributed by atoms with Crippen molar-refractivity contribution in [2.45, 2.75) is 19.8 Å². The minimum Gasteiger partial charge on any atom is -0.370 e. The number of hydrogen-bond donors (Lipinski definition) is 5. The summed E-state index contributed by atoms with van der Waals surface area (Å²) in [6.07, 6.45) is 2.10. The average Bonchev–Trinajstić information content (AvgIpc) is 2.87. The third-order valence-electron chi connectivity index (χ3n) is 6.98. The van der Waals surface area contributed by atoms with Gasteiger partial charge in [-0.15, -0.1) is 12.4 Å². The molecule has 0 amide bonds. The van der Waals surface area contributed by atoms with Gasteiger partial charge in [-0.2, -0.15) is 0 Å². The summed E-state index contributed by atoms with van der Waals surface area (Å²) in [6.45, 7) is 2.82. The van der Waals surface area contributed by atoms with Gasteiger partial charge in [0.2, 0.25) is 0 Å². The fourth-order valence-corrected chi connectivity index (χ4v) is 5.46. The van der Waals surface area contributed by atoms with Crippen LogP contribution in [0.4, 0.5) is 0 Å². The molecule has 0 fully saturated rings. The van der Waals surface area contributed by atoms with Crippen LogP contribution in [0.15, 0.2) is 72.8 Å². The van der Waals surface area contributed by atoms with Gasteiger partial charge in [0.25, 0.3) is 0 Å². The number of nitrogens with two attached hydrogens (primary N) is 1. The molecule has 7 aromatic carbocycles. The molecule has 0 aliphatic heterocycles. The van der Waals surface area contributed by atoms with Crippen LogP contribution in [0.5, 0.6) is 0 Å². The normalized spacial score (nSPS) is 11.4. The number of halogens is 1. The van der Waals surface area contributed by atoms with E-state index in [4.69, 9.17) is 16.6 Å². The Morgan fingerprint density at radius 3 is 1.11 bits per heavy atom. The first kappa shape index (κ1) is 23.6. The number of hydrogen-bond acceptors (Lipinski definition) is 2. The summed E-state index contributed by atoms with van der Waals surface area (Å²) in [7, 11) is 0. The van der Waals surface area contributed by atoms with E-state index in [9.17, 15) is 0 Å². The molecular formula is C30H28ClN5. The van der Waals surface area contributed by atoms with Crippen molar-refractivity contribution in [2.24, 2.45) is 5.73 Å². The van der Waals surface area contributed by atoms with Crippen LogP contribution in [-0.2, 0) is 0 Å². The molecule has 0 saturated heterocycles. The lowest BCUT2D eigenvalue weighted by Gasteiger charge is -2.20. The zero-order valence-corrected chi connectivity index (χ0v) is 20.9. The third kappa shape index (κ3) is 3.64. The van der Waals surface area contributed by atoms with E-state index in [0.717, 1.165) is 19.4 Å². The molecular weight excluding hydrogens is 466 g/mol. The van der Waals surface area contributed by atoms with Gasteiger partial charge in [-0.1, -0.05) is 86.1 Å². The highest BCUT2D eigenvalue weighted by atomic mass is 35.5. The summed E-state index contributed by atoms with van der Waals surface area (Å²) in [5.41, 5.74) is 4.99. The van der Waals surface area contributed by atoms with E-state index < -0.39 is 0 Å². The van der Waals surface area contributed by atoms with E-state index in [1.807, 2.05) is 0 Å². The van der Waals surface area contributed by atoms with Crippen molar-refractivity contribution < 1.29 is 0 Å². The van der Waals surface area contributed by atoms with Crippen molar-refractivity contribution in [1.29, 1.82) is 10.8 Å². The minimum absolute atomic E-state index is 0. The molecule has 6 N–H and O–H groups in total. The van der Waals surface area contributed by atoms with Crippen molar-refractivity contribution in [3.63, 3.8) is 0 Å². The highest BCUT2D eigenvalue weighted by molar-refractivity contribution is 6.44. The van der Waals surface area contributed by atoms with Crippen molar-refractivity contribution >= 4 is 89.0 Å². The first-order chi connectivity index (χ1) is 17.1. The van der Waals surface area contributed by atoms with Crippen molar-refractivity contribution in [3.8, 4) is 0 Å². The lowest BCUT2D eigenvalue weighted by atomic mass is 9.83. The second kappa shape index (κ2) is 9.17. The molecule has 0 aliphatic rings. The summed E-state index contributed by atoms with van der Waals surface area (Å²) in [6, 6.07) is 27.3. The maximum absolute atomic E-state index is 7.15. The Labute approximate surface area is 215 Å². The molecule has 0 aliphatic carbocycles. The van der Waals surface area contributed by atoms with Gasteiger partial charge in [0.05, 0.1) is 0 Å². The SMILES string of the molecule is CCCCNC(=N)NC(=N)N.Cl.c1cc2ccc3ccc4ccc5ccc6ccc1c1c2c3c4c5c61.